The Hall–Kier alpha value is -3.25. The highest BCUT2D eigenvalue weighted by atomic mass is 32.1. The van der Waals surface area contributed by atoms with Gasteiger partial charge in [0, 0.05) is 16.0 Å². The van der Waals surface area contributed by atoms with Gasteiger partial charge in [0.2, 0.25) is 0 Å². The first kappa shape index (κ1) is 19.1. The number of benzene rings is 2. The van der Waals surface area contributed by atoms with E-state index in [-0.39, 0.29) is 17.9 Å². The van der Waals surface area contributed by atoms with Crippen molar-refractivity contribution in [1.82, 2.24) is 9.55 Å². The van der Waals surface area contributed by atoms with E-state index in [1.807, 2.05) is 38.1 Å². The smallest absolute Gasteiger partial charge is 0.263 e. The number of thiophene rings is 1. The van der Waals surface area contributed by atoms with E-state index in [1.54, 1.807) is 31.4 Å². The van der Waals surface area contributed by atoms with Crippen LogP contribution in [0.1, 0.15) is 20.8 Å². The van der Waals surface area contributed by atoms with Gasteiger partial charge in [-0.2, -0.15) is 0 Å². The second-order valence-electron chi connectivity index (χ2n) is 6.91. The minimum Gasteiger partial charge on any atom is -0.497 e. The Labute approximate surface area is 172 Å². The standard InChI is InChI=1S/C23H20N2O3S/c1-14-7-9-16(10-8-14)20-15(2)29-22-21(20)23(27)25(13-24-22)12-19(26)17-5-4-6-18(11-17)28-3/h4-11,13H,12H2,1-3H3. The lowest BCUT2D eigenvalue weighted by Crippen LogP contribution is -2.24. The Morgan fingerprint density at radius 1 is 1.14 bits per heavy atom. The van der Waals surface area contributed by atoms with Crippen molar-refractivity contribution >= 4 is 27.3 Å². The first-order valence-corrected chi connectivity index (χ1v) is 10.0. The van der Waals surface area contributed by atoms with Crippen LogP contribution in [0.4, 0.5) is 0 Å². The molecule has 4 aromatic rings. The van der Waals surface area contributed by atoms with Crippen molar-refractivity contribution in [2.24, 2.45) is 0 Å². The van der Waals surface area contributed by atoms with Gasteiger partial charge in [0.25, 0.3) is 5.56 Å². The lowest BCUT2D eigenvalue weighted by molar-refractivity contribution is 0.0970. The van der Waals surface area contributed by atoms with Gasteiger partial charge in [0.05, 0.1) is 25.4 Å². The van der Waals surface area contributed by atoms with E-state index in [0.717, 1.165) is 21.6 Å². The molecular formula is C23H20N2O3S. The van der Waals surface area contributed by atoms with Crippen molar-refractivity contribution in [3.05, 3.63) is 81.2 Å². The maximum atomic E-state index is 13.2. The highest BCUT2D eigenvalue weighted by Crippen LogP contribution is 2.35. The maximum absolute atomic E-state index is 13.2. The molecule has 0 radical (unpaired) electrons. The predicted octanol–water partition coefficient (Wildman–Crippen LogP) is 4.63. The van der Waals surface area contributed by atoms with Crippen molar-refractivity contribution < 1.29 is 9.53 Å². The quantitative estimate of drug-likeness (QED) is 0.455. The van der Waals surface area contributed by atoms with Crippen LogP contribution in [0.2, 0.25) is 0 Å². The summed E-state index contributed by atoms with van der Waals surface area (Å²) in [6, 6.07) is 15.0. The second-order valence-corrected chi connectivity index (χ2v) is 8.12. The number of ketones is 1. The van der Waals surface area contributed by atoms with Gasteiger partial charge in [-0.05, 0) is 31.5 Å². The van der Waals surface area contributed by atoms with Gasteiger partial charge in [-0.1, -0.05) is 42.0 Å². The molecule has 2 aromatic heterocycles. The fraction of sp³-hybridized carbons (Fsp3) is 0.174. The molecule has 29 heavy (non-hydrogen) atoms. The highest BCUT2D eigenvalue weighted by Gasteiger charge is 2.18. The van der Waals surface area contributed by atoms with Crippen molar-refractivity contribution in [2.45, 2.75) is 20.4 Å². The fourth-order valence-corrected chi connectivity index (χ4v) is 4.36. The summed E-state index contributed by atoms with van der Waals surface area (Å²) in [5, 5.41) is 0.567. The van der Waals surface area contributed by atoms with Gasteiger partial charge >= 0.3 is 0 Å². The molecule has 4 rings (SSSR count). The Balaban J connectivity index is 1.77. The summed E-state index contributed by atoms with van der Waals surface area (Å²) < 4.78 is 6.56. The summed E-state index contributed by atoms with van der Waals surface area (Å²) in [5.74, 6) is 0.433. The lowest BCUT2D eigenvalue weighted by Gasteiger charge is -2.07. The molecule has 0 bridgehead atoms. The van der Waals surface area contributed by atoms with Crippen LogP contribution in [0, 0.1) is 13.8 Å². The number of rotatable bonds is 5. The highest BCUT2D eigenvalue weighted by molar-refractivity contribution is 7.19. The number of carbonyl (C=O) groups is 1. The maximum Gasteiger partial charge on any atom is 0.263 e. The van der Waals surface area contributed by atoms with Crippen LogP contribution in [0.15, 0.2) is 59.7 Å². The summed E-state index contributed by atoms with van der Waals surface area (Å²) in [5.41, 5.74) is 3.33. The van der Waals surface area contributed by atoms with E-state index < -0.39 is 0 Å². The Morgan fingerprint density at radius 2 is 1.90 bits per heavy atom. The molecule has 0 fully saturated rings. The number of carbonyl (C=O) groups excluding carboxylic acids is 1. The van der Waals surface area contributed by atoms with E-state index in [1.165, 1.54) is 22.2 Å². The minimum absolute atomic E-state index is 0.0722. The number of fused-ring (bicyclic) bond motifs is 1. The van der Waals surface area contributed by atoms with Crippen LogP contribution >= 0.6 is 11.3 Å². The molecule has 2 heterocycles. The molecule has 6 heteroatoms. The number of methoxy groups -OCH3 is 1. The molecule has 0 saturated carbocycles. The predicted molar refractivity (Wildman–Crippen MR) is 116 cm³/mol. The zero-order valence-corrected chi connectivity index (χ0v) is 17.2. The molecule has 0 spiro atoms. The second kappa shape index (κ2) is 7.64. The van der Waals surface area contributed by atoms with E-state index in [0.29, 0.717) is 21.5 Å². The molecule has 0 atom stereocenters. The average molecular weight is 404 g/mol. The third kappa shape index (κ3) is 3.59. The summed E-state index contributed by atoms with van der Waals surface area (Å²) in [6.45, 7) is 3.95. The third-order valence-electron chi connectivity index (χ3n) is 4.90. The molecule has 146 valence electrons. The van der Waals surface area contributed by atoms with E-state index in [2.05, 4.69) is 4.98 Å². The number of aryl methyl sites for hydroxylation is 2. The van der Waals surface area contributed by atoms with Crippen molar-refractivity contribution in [3.63, 3.8) is 0 Å². The van der Waals surface area contributed by atoms with Crippen LogP contribution in [-0.2, 0) is 6.54 Å². The Bertz CT molecular complexity index is 1270. The number of nitrogens with zero attached hydrogens (tertiary/aromatic N) is 2. The zero-order valence-electron chi connectivity index (χ0n) is 16.4. The van der Waals surface area contributed by atoms with Gasteiger partial charge in [-0.3, -0.25) is 14.2 Å². The Kier molecular flexibility index (Phi) is 5.03. The van der Waals surface area contributed by atoms with Crippen molar-refractivity contribution in [3.8, 4) is 16.9 Å². The topological polar surface area (TPSA) is 61.2 Å². The van der Waals surface area contributed by atoms with Gasteiger partial charge in [0.1, 0.15) is 10.6 Å². The Morgan fingerprint density at radius 3 is 2.62 bits per heavy atom. The number of ether oxygens (including phenoxy) is 1. The molecule has 5 nitrogen and oxygen atoms in total. The van der Waals surface area contributed by atoms with Crippen molar-refractivity contribution in [1.29, 1.82) is 0 Å². The molecule has 0 unspecified atom stereocenters. The first-order valence-electron chi connectivity index (χ1n) is 9.20. The monoisotopic (exact) mass is 404 g/mol. The van der Waals surface area contributed by atoms with Gasteiger partial charge in [0.15, 0.2) is 5.78 Å². The minimum atomic E-state index is -0.203. The molecule has 0 amide bonds. The number of hydrogen-bond donors (Lipinski definition) is 0. The largest absolute Gasteiger partial charge is 0.497 e. The van der Waals surface area contributed by atoms with E-state index in [4.69, 9.17) is 4.74 Å². The zero-order chi connectivity index (χ0) is 20.5. The van der Waals surface area contributed by atoms with Gasteiger partial charge in [-0.15, -0.1) is 11.3 Å². The normalized spacial score (nSPS) is 11.0. The van der Waals surface area contributed by atoms with Crippen LogP contribution < -0.4 is 10.3 Å². The summed E-state index contributed by atoms with van der Waals surface area (Å²) in [6.07, 6.45) is 1.46. The molecular weight excluding hydrogens is 384 g/mol. The molecule has 0 N–H and O–H groups in total. The fourth-order valence-electron chi connectivity index (χ4n) is 3.36. The number of Topliss-reactive ketones (excluding diaryl/α,β-unsaturated/α-hetero) is 1. The molecule has 0 aliphatic rings. The number of hydrogen-bond acceptors (Lipinski definition) is 5. The molecule has 0 saturated heterocycles. The summed E-state index contributed by atoms with van der Waals surface area (Å²) in [4.78, 5) is 32.1. The number of aromatic nitrogens is 2. The summed E-state index contributed by atoms with van der Waals surface area (Å²) in [7, 11) is 1.55. The van der Waals surface area contributed by atoms with Gasteiger partial charge < -0.3 is 4.74 Å². The molecule has 0 aliphatic heterocycles. The molecule has 0 aliphatic carbocycles. The van der Waals surface area contributed by atoms with Crippen LogP contribution in [0.3, 0.4) is 0 Å². The first-order chi connectivity index (χ1) is 14.0. The third-order valence-corrected chi connectivity index (χ3v) is 5.91. The average Bonchev–Trinajstić information content (AvgIpc) is 3.07. The summed E-state index contributed by atoms with van der Waals surface area (Å²) >= 11 is 1.49. The lowest BCUT2D eigenvalue weighted by atomic mass is 10.0. The van der Waals surface area contributed by atoms with Crippen LogP contribution in [0.25, 0.3) is 21.3 Å². The van der Waals surface area contributed by atoms with E-state index in [9.17, 15) is 9.59 Å². The van der Waals surface area contributed by atoms with Gasteiger partial charge in [-0.25, -0.2) is 4.98 Å². The van der Waals surface area contributed by atoms with E-state index >= 15 is 0 Å². The SMILES string of the molecule is COc1cccc(C(=O)Cn2cnc3sc(C)c(-c4ccc(C)cc4)c3c2=O)c1. The van der Waals surface area contributed by atoms with Crippen molar-refractivity contribution in [2.75, 3.05) is 7.11 Å². The van der Waals surface area contributed by atoms with Crippen LogP contribution in [-0.4, -0.2) is 22.4 Å². The molecule has 2 aromatic carbocycles. The van der Waals surface area contributed by atoms with Crippen LogP contribution in [0.5, 0.6) is 5.75 Å².